The fourth-order valence-corrected chi connectivity index (χ4v) is 3.17. The van der Waals surface area contributed by atoms with Crippen molar-refractivity contribution in [2.75, 3.05) is 11.4 Å². The van der Waals surface area contributed by atoms with Gasteiger partial charge in [0.05, 0.1) is 6.04 Å². The Morgan fingerprint density at radius 2 is 2.00 bits per heavy atom. The van der Waals surface area contributed by atoms with Crippen molar-refractivity contribution in [1.82, 2.24) is 29.9 Å². The molecule has 1 aliphatic heterocycles. The van der Waals surface area contributed by atoms with Gasteiger partial charge in [-0.05, 0) is 32.8 Å². The first kappa shape index (κ1) is 14.7. The first-order chi connectivity index (χ1) is 11.7. The molecule has 4 rings (SSSR count). The standard InChI is InChI=1S/C17H19N7/c1-11-9-15(21-10-20-11)24-7-3-4-14(24)17-22-12(2)8-13(23-17)16-18-5-6-19-16/h5-6,8-10,14H,3-4,7H2,1-2H3,(H,18,19)/t14-/m1/s1. The molecular formula is C17H19N7. The molecule has 1 saturated heterocycles. The molecule has 0 bridgehead atoms. The minimum absolute atomic E-state index is 0.132. The summed E-state index contributed by atoms with van der Waals surface area (Å²) >= 11 is 0. The third-order valence-electron chi connectivity index (χ3n) is 4.25. The van der Waals surface area contributed by atoms with Crippen molar-refractivity contribution in [1.29, 1.82) is 0 Å². The molecule has 4 heterocycles. The lowest BCUT2D eigenvalue weighted by molar-refractivity contribution is 0.656. The third-order valence-corrected chi connectivity index (χ3v) is 4.25. The van der Waals surface area contributed by atoms with E-state index in [4.69, 9.17) is 4.98 Å². The number of anilines is 1. The second-order valence-electron chi connectivity index (χ2n) is 6.06. The van der Waals surface area contributed by atoms with Crippen LogP contribution in [0.25, 0.3) is 11.5 Å². The number of aromatic nitrogens is 6. The first-order valence-corrected chi connectivity index (χ1v) is 8.11. The summed E-state index contributed by atoms with van der Waals surface area (Å²) in [6.45, 7) is 4.93. The Kier molecular flexibility index (Phi) is 3.68. The predicted molar refractivity (Wildman–Crippen MR) is 90.4 cm³/mol. The highest BCUT2D eigenvalue weighted by atomic mass is 15.3. The molecule has 3 aromatic heterocycles. The molecule has 1 aliphatic rings. The number of hydrogen-bond donors (Lipinski definition) is 1. The van der Waals surface area contributed by atoms with E-state index in [9.17, 15) is 0 Å². The van der Waals surface area contributed by atoms with Gasteiger partial charge >= 0.3 is 0 Å². The Hall–Kier alpha value is -2.83. The van der Waals surface area contributed by atoms with Gasteiger partial charge < -0.3 is 9.88 Å². The van der Waals surface area contributed by atoms with Gasteiger partial charge in [-0.25, -0.2) is 24.9 Å². The molecule has 1 atom stereocenters. The predicted octanol–water partition coefficient (Wildman–Crippen LogP) is 2.62. The maximum absolute atomic E-state index is 4.77. The molecule has 0 amide bonds. The lowest BCUT2D eigenvalue weighted by Gasteiger charge is -2.25. The van der Waals surface area contributed by atoms with Crippen LogP contribution in [0.1, 0.15) is 36.1 Å². The van der Waals surface area contributed by atoms with Crippen LogP contribution >= 0.6 is 0 Å². The number of nitrogens with zero attached hydrogens (tertiary/aromatic N) is 6. The van der Waals surface area contributed by atoms with Crippen LogP contribution in [0.5, 0.6) is 0 Å². The monoisotopic (exact) mass is 321 g/mol. The summed E-state index contributed by atoms with van der Waals surface area (Å²) in [5.74, 6) is 2.54. The average Bonchev–Trinajstić information content (AvgIpc) is 3.26. The maximum Gasteiger partial charge on any atom is 0.156 e. The number of H-pyrrole nitrogens is 1. The van der Waals surface area contributed by atoms with E-state index in [0.717, 1.165) is 53.9 Å². The minimum atomic E-state index is 0.132. The number of aryl methyl sites for hydroxylation is 2. The molecule has 0 unspecified atom stereocenters. The minimum Gasteiger partial charge on any atom is -0.346 e. The van der Waals surface area contributed by atoms with Gasteiger partial charge in [-0.2, -0.15) is 0 Å². The summed E-state index contributed by atoms with van der Waals surface area (Å²) in [6.07, 6.45) is 7.27. The zero-order valence-electron chi connectivity index (χ0n) is 13.8. The molecular weight excluding hydrogens is 302 g/mol. The van der Waals surface area contributed by atoms with Crippen molar-refractivity contribution >= 4 is 5.82 Å². The number of rotatable bonds is 3. The van der Waals surface area contributed by atoms with Crippen LogP contribution in [-0.2, 0) is 0 Å². The summed E-state index contributed by atoms with van der Waals surface area (Å²) in [4.78, 5) is 27.8. The van der Waals surface area contributed by atoms with Crippen LogP contribution in [0, 0.1) is 13.8 Å². The van der Waals surface area contributed by atoms with Crippen LogP contribution in [0.4, 0.5) is 5.82 Å². The molecule has 122 valence electrons. The van der Waals surface area contributed by atoms with Gasteiger partial charge in [0, 0.05) is 36.4 Å². The molecule has 7 nitrogen and oxygen atoms in total. The van der Waals surface area contributed by atoms with Gasteiger partial charge in [0.2, 0.25) is 0 Å². The van der Waals surface area contributed by atoms with Crippen LogP contribution in [0.2, 0.25) is 0 Å². The van der Waals surface area contributed by atoms with E-state index in [1.165, 1.54) is 0 Å². The van der Waals surface area contributed by atoms with Crippen molar-refractivity contribution < 1.29 is 0 Å². The van der Waals surface area contributed by atoms with Gasteiger partial charge in [0.25, 0.3) is 0 Å². The molecule has 0 aliphatic carbocycles. The van der Waals surface area contributed by atoms with E-state index in [2.05, 4.69) is 29.8 Å². The van der Waals surface area contributed by atoms with Crippen LogP contribution in [0.15, 0.2) is 30.9 Å². The fourth-order valence-electron chi connectivity index (χ4n) is 3.17. The van der Waals surface area contributed by atoms with Crippen molar-refractivity contribution in [2.45, 2.75) is 32.7 Å². The van der Waals surface area contributed by atoms with Gasteiger partial charge in [0.1, 0.15) is 17.8 Å². The summed E-state index contributed by atoms with van der Waals surface area (Å²) < 4.78 is 0. The molecule has 7 heteroatoms. The number of nitrogens with one attached hydrogen (secondary N) is 1. The van der Waals surface area contributed by atoms with Crippen molar-refractivity contribution in [3.05, 3.63) is 48.1 Å². The smallest absolute Gasteiger partial charge is 0.156 e. The van der Waals surface area contributed by atoms with E-state index >= 15 is 0 Å². The Morgan fingerprint density at radius 3 is 2.79 bits per heavy atom. The Morgan fingerprint density at radius 1 is 1.08 bits per heavy atom. The zero-order chi connectivity index (χ0) is 16.5. The fraction of sp³-hybridized carbons (Fsp3) is 0.353. The SMILES string of the molecule is Cc1cc(N2CCC[C@@H]2c2nc(C)cc(-c3ncc[nH]3)n2)ncn1. The Balaban J connectivity index is 1.72. The van der Waals surface area contributed by atoms with E-state index < -0.39 is 0 Å². The van der Waals surface area contributed by atoms with Gasteiger partial charge in [-0.15, -0.1) is 0 Å². The zero-order valence-corrected chi connectivity index (χ0v) is 13.8. The summed E-state index contributed by atoms with van der Waals surface area (Å²) in [5.41, 5.74) is 2.73. The van der Waals surface area contributed by atoms with Gasteiger partial charge in [-0.3, -0.25) is 0 Å². The largest absolute Gasteiger partial charge is 0.346 e. The summed E-state index contributed by atoms with van der Waals surface area (Å²) in [6, 6.07) is 4.10. The van der Waals surface area contributed by atoms with Crippen LogP contribution < -0.4 is 4.90 Å². The molecule has 0 aromatic carbocycles. The van der Waals surface area contributed by atoms with Crippen molar-refractivity contribution in [3.63, 3.8) is 0 Å². The number of hydrogen-bond acceptors (Lipinski definition) is 6. The number of imidazole rings is 1. The Bertz CT molecular complexity index is 844. The first-order valence-electron chi connectivity index (χ1n) is 8.11. The Labute approximate surface area is 140 Å². The van der Waals surface area contributed by atoms with Gasteiger partial charge in [0.15, 0.2) is 11.6 Å². The maximum atomic E-state index is 4.77. The quantitative estimate of drug-likeness (QED) is 0.798. The summed E-state index contributed by atoms with van der Waals surface area (Å²) in [5, 5.41) is 0. The normalized spacial score (nSPS) is 17.4. The number of aromatic amines is 1. The third kappa shape index (κ3) is 2.73. The molecule has 1 fully saturated rings. The lowest BCUT2D eigenvalue weighted by Crippen LogP contribution is -2.25. The van der Waals surface area contributed by atoms with Gasteiger partial charge in [-0.1, -0.05) is 0 Å². The average molecular weight is 321 g/mol. The molecule has 0 saturated carbocycles. The topological polar surface area (TPSA) is 83.5 Å². The molecule has 3 aromatic rings. The highest BCUT2D eigenvalue weighted by Crippen LogP contribution is 2.34. The molecule has 0 radical (unpaired) electrons. The van der Waals surface area contributed by atoms with Crippen LogP contribution in [-0.4, -0.2) is 36.4 Å². The summed E-state index contributed by atoms with van der Waals surface area (Å²) in [7, 11) is 0. The highest BCUT2D eigenvalue weighted by molar-refractivity contribution is 5.50. The van der Waals surface area contributed by atoms with E-state index in [0.29, 0.717) is 0 Å². The van der Waals surface area contributed by atoms with Crippen molar-refractivity contribution in [2.24, 2.45) is 0 Å². The van der Waals surface area contributed by atoms with E-state index in [1.54, 1.807) is 18.7 Å². The molecule has 1 N–H and O–H groups in total. The molecule has 0 spiro atoms. The lowest BCUT2D eigenvalue weighted by atomic mass is 10.2. The second kappa shape index (κ2) is 5.99. The van der Waals surface area contributed by atoms with Crippen LogP contribution in [0.3, 0.4) is 0 Å². The van der Waals surface area contributed by atoms with E-state index in [-0.39, 0.29) is 6.04 Å². The second-order valence-corrected chi connectivity index (χ2v) is 6.06. The highest BCUT2D eigenvalue weighted by Gasteiger charge is 2.30. The molecule has 24 heavy (non-hydrogen) atoms. The van der Waals surface area contributed by atoms with E-state index in [1.807, 2.05) is 26.0 Å². The van der Waals surface area contributed by atoms with Crippen molar-refractivity contribution in [3.8, 4) is 11.5 Å².